The van der Waals surface area contributed by atoms with Crippen LogP contribution in [-0.2, 0) is 11.3 Å². The summed E-state index contributed by atoms with van der Waals surface area (Å²) in [6.45, 7) is 1.39. The quantitative estimate of drug-likeness (QED) is 0.941. The Labute approximate surface area is 131 Å². The topological polar surface area (TPSA) is 40.5 Å². The van der Waals surface area contributed by atoms with Crippen molar-refractivity contribution in [3.8, 4) is 0 Å². The van der Waals surface area contributed by atoms with E-state index in [4.69, 9.17) is 0 Å². The predicted octanol–water partition coefficient (Wildman–Crippen LogP) is 3.16. The molecule has 3 rings (SSSR count). The minimum Gasteiger partial charge on any atom is -0.388 e. The molecule has 0 aromatic heterocycles. The standard InChI is InChI=1S/C19H21NO2/c21-18(16-10-5-2-6-11-16)17-12-7-13-20(19(17)22)14-15-8-3-1-4-9-15/h1-6,8-11,17-18,21H,7,12-14H2. The highest BCUT2D eigenvalue weighted by molar-refractivity contribution is 5.80. The van der Waals surface area contributed by atoms with Crippen LogP contribution in [0.15, 0.2) is 60.7 Å². The summed E-state index contributed by atoms with van der Waals surface area (Å²) in [5.74, 6) is -0.272. The fraction of sp³-hybridized carbons (Fsp3) is 0.316. The van der Waals surface area contributed by atoms with Gasteiger partial charge in [0.15, 0.2) is 0 Å². The Morgan fingerprint density at radius 3 is 2.36 bits per heavy atom. The molecule has 2 atom stereocenters. The predicted molar refractivity (Wildman–Crippen MR) is 86.0 cm³/mol. The molecule has 1 fully saturated rings. The van der Waals surface area contributed by atoms with Crippen molar-refractivity contribution < 1.29 is 9.90 Å². The average molecular weight is 295 g/mol. The fourth-order valence-corrected chi connectivity index (χ4v) is 3.11. The van der Waals surface area contributed by atoms with E-state index in [-0.39, 0.29) is 11.8 Å². The van der Waals surface area contributed by atoms with Crippen LogP contribution in [0.2, 0.25) is 0 Å². The number of hydrogen-bond donors (Lipinski definition) is 1. The van der Waals surface area contributed by atoms with Crippen molar-refractivity contribution in [1.82, 2.24) is 4.90 Å². The van der Waals surface area contributed by atoms with Crippen LogP contribution >= 0.6 is 0 Å². The highest BCUT2D eigenvalue weighted by Gasteiger charge is 2.34. The molecule has 3 nitrogen and oxygen atoms in total. The molecule has 2 unspecified atom stereocenters. The van der Waals surface area contributed by atoms with Crippen molar-refractivity contribution >= 4 is 5.91 Å². The second kappa shape index (κ2) is 6.75. The molecule has 1 saturated heterocycles. The SMILES string of the molecule is O=C1C(C(O)c2ccccc2)CCCN1Cc1ccccc1. The maximum Gasteiger partial charge on any atom is 0.228 e. The first-order valence-electron chi connectivity index (χ1n) is 7.81. The summed E-state index contributed by atoms with van der Waals surface area (Å²) in [6.07, 6.45) is 0.972. The largest absolute Gasteiger partial charge is 0.388 e. The van der Waals surface area contributed by atoms with Gasteiger partial charge in [0.25, 0.3) is 0 Å². The molecule has 1 heterocycles. The van der Waals surface area contributed by atoms with E-state index in [1.54, 1.807) is 0 Å². The average Bonchev–Trinajstić information content (AvgIpc) is 2.58. The number of benzene rings is 2. The summed E-state index contributed by atoms with van der Waals surface area (Å²) >= 11 is 0. The van der Waals surface area contributed by atoms with E-state index in [0.717, 1.165) is 30.5 Å². The number of amides is 1. The number of carbonyl (C=O) groups is 1. The van der Waals surface area contributed by atoms with Crippen LogP contribution in [0.25, 0.3) is 0 Å². The van der Waals surface area contributed by atoms with Crippen molar-refractivity contribution in [3.63, 3.8) is 0 Å². The highest BCUT2D eigenvalue weighted by Crippen LogP contribution is 2.31. The van der Waals surface area contributed by atoms with E-state index >= 15 is 0 Å². The van der Waals surface area contributed by atoms with Gasteiger partial charge in [0.05, 0.1) is 12.0 Å². The summed E-state index contributed by atoms with van der Waals surface area (Å²) < 4.78 is 0. The number of hydrogen-bond acceptors (Lipinski definition) is 2. The number of nitrogens with zero attached hydrogens (tertiary/aromatic N) is 1. The number of carbonyl (C=O) groups excluding carboxylic acids is 1. The Morgan fingerprint density at radius 2 is 1.68 bits per heavy atom. The number of likely N-dealkylation sites (tertiary alicyclic amines) is 1. The van der Waals surface area contributed by atoms with Gasteiger partial charge in [0, 0.05) is 13.1 Å². The third-order valence-corrected chi connectivity index (χ3v) is 4.31. The van der Waals surface area contributed by atoms with Crippen LogP contribution in [0.1, 0.15) is 30.1 Å². The van der Waals surface area contributed by atoms with Gasteiger partial charge in [0.1, 0.15) is 0 Å². The molecule has 1 amide bonds. The molecule has 0 spiro atoms. The van der Waals surface area contributed by atoms with Gasteiger partial charge in [-0.25, -0.2) is 0 Å². The monoisotopic (exact) mass is 295 g/mol. The lowest BCUT2D eigenvalue weighted by atomic mass is 9.87. The molecule has 2 aromatic carbocycles. The van der Waals surface area contributed by atoms with Crippen LogP contribution in [0, 0.1) is 5.92 Å². The van der Waals surface area contributed by atoms with E-state index in [1.807, 2.05) is 65.6 Å². The van der Waals surface area contributed by atoms with E-state index < -0.39 is 6.10 Å². The van der Waals surface area contributed by atoms with Crippen molar-refractivity contribution in [1.29, 1.82) is 0 Å². The summed E-state index contributed by atoms with van der Waals surface area (Å²) in [4.78, 5) is 14.6. The van der Waals surface area contributed by atoms with Crippen LogP contribution in [0.5, 0.6) is 0 Å². The lowest BCUT2D eigenvalue weighted by Gasteiger charge is -2.34. The van der Waals surface area contributed by atoms with Crippen LogP contribution in [0.4, 0.5) is 0 Å². The minimum absolute atomic E-state index is 0.0615. The zero-order valence-corrected chi connectivity index (χ0v) is 12.6. The molecule has 2 aromatic rings. The molecule has 22 heavy (non-hydrogen) atoms. The Hall–Kier alpha value is -2.13. The van der Waals surface area contributed by atoms with Crippen LogP contribution < -0.4 is 0 Å². The second-order valence-corrected chi connectivity index (χ2v) is 5.85. The summed E-state index contributed by atoms with van der Waals surface area (Å²) in [5, 5.41) is 10.6. The normalized spacial score (nSPS) is 20.0. The Morgan fingerprint density at radius 1 is 1.05 bits per heavy atom. The van der Waals surface area contributed by atoms with Gasteiger partial charge in [0.2, 0.25) is 5.91 Å². The molecule has 1 aliphatic rings. The molecular formula is C19H21NO2. The van der Waals surface area contributed by atoms with Crippen molar-refractivity contribution in [2.45, 2.75) is 25.5 Å². The maximum absolute atomic E-state index is 12.7. The molecule has 0 radical (unpaired) electrons. The van der Waals surface area contributed by atoms with E-state index in [0.29, 0.717) is 6.54 Å². The van der Waals surface area contributed by atoms with Gasteiger partial charge in [-0.15, -0.1) is 0 Å². The third kappa shape index (κ3) is 3.20. The van der Waals surface area contributed by atoms with Crippen molar-refractivity contribution in [2.75, 3.05) is 6.54 Å². The number of rotatable bonds is 4. The smallest absolute Gasteiger partial charge is 0.228 e. The first-order chi connectivity index (χ1) is 10.8. The van der Waals surface area contributed by atoms with Gasteiger partial charge >= 0.3 is 0 Å². The minimum atomic E-state index is -0.715. The lowest BCUT2D eigenvalue weighted by molar-refractivity contribution is -0.143. The Bertz CT molecular complexity index is 612. The fourth-order valence-electron chi connectivity index (χ4n) is 3.11. The molecule has 1 aliphatic heterocycles. The molecule has 0 bridgehead atoms. The van der Waals surface area contributed by atoms with Gasteiger partial charge in [-0.2, -0.15) is 0 Å². The van der Waals surface area contributed by atoms with E-state index in [1.165, 1.54) is 0 Å². The van der Waals surface area contributed by atoms with Crippen LogP contribution in [0.3, 0.4) is 0 Å². The zero-order chi connectivity index (χ0) is 15.4. The molecule has 0 saturated carbocycles. The Balaban J connectivity index is 1.72. The van der Waals surface area contributed by atoms with Crippen molar-refractivity contribution in [2.24, 2.45) is 5.92 Å². The first-order valence-corrected chi connectivity index (χ1v) is 7.81. The third-order valence-electron chi connectivity index (χ3n) is 4.31. The number of aliphatic hydroxyl groups is 1. The van der Waals surface area contributed by atoms with Gasteiger partial charge in [-0.05, 0) is 24.0 Å². The molecule has 1 N–H and O–H groups in total. The number of aliphatic hydroxyl groups excluding tert-OH is 1. The van der Waals surface area contributed by atoms with Crippen molar-refractivity contribution in [3.05, 3.63) is 71.8 Å². The molecule has 114 valence electrons. The van der Waals surface area contributed by atoms with E-state index in [9.17, 15) is 9.90 Å². The zero-order valence-electron chi connectivity index (χ0n) is 12.6. The lowest BCUT2D eigenvalue weighted by Crippen LogP contribution is -2.42. The van der Waals surface area contributed by atoms with E-state index in [2.05, 4.69) is 0 Å². The summed E-state index contributed by atoms with van der Waals surface area (Å²) in [7, 11) is 0. The first kappa shape index (κ1) is 14.8. The van der Waals surface area contributed by atoms with Gasteiger partial charge < -0.3 is 10.0 Å². The molecule has 0 aliphatic carbocycles. The molecular weight excluding hydrogens is 274 g/mol. The van der Waals surface area contributed by atoms with Gasteiger partial charge in [-0.3, -0.25) is 4.79 Å². The highest BCUT2D eigenvalue weighted by atomic mass is 16.3. The van der Waals surface area contributed by atoms with Gasteiger partial charge in [-0.1, -0.05) is 60.7 Å². The number of piperidine rings is 1. The summed E-state index contributed by atoms with van der Waals surface area (Å²) in [6, 6.07) is 19.5. The second-order valence-electron chi connectivity index (χ2n) is 5.85. The van der Waals surface area contributed by atoms with Crippen LogP contribution in [-0.4, -0.2) is 22.5 Å². The molecule has 3 heteroatoms. The Kier molecular flexibility index (Phi) is 4.54. The maximum atomic E-state index is 12.7. The summed E-state index contributed by atoms with van der Waals surface area (Å²) in [5.41, 5.74) is 1.95.